The van der Waals surface area contributed by atoms with Crippen LogP contribution in [0.4, 0.5) is 4.39 Å². The van der Waals surface area contributed by atoms with Crippen molar-refractivity contribution in [3.8, 4) is 0 Å². The fourth-order valence-corrected chi connectivity index (χ4v) is 3.40. The lowest BCUT2D eigenvalue weighted by Crippen LogP contribution is -2.26. The fourth-order valence-electron chi connectivity index (χ4n) is 3.40. The van der Waals surface area contributed by atoms with E-state index in [-0.39, 0.29) is 5.79 Å². The molecule has 3 heteroatoms. The molecule has 0 radical (unpaired) electrons. The number of rotatable bonds is 0. The van der Waals surface area contributed by atoms with Crippen molar-refractivity contribution in [3.05, 3.63) is 0 Å². The van der Waals surface area contributed by atoms with Crippen molar-refractivity contribution in [3.63, 3.8) is 0 Å². The van der Waals surface area contributed by atoms with Crippen LogP contribution < -0.4 is 0 Å². The molecule has 1 aliphatic heterocycles. The molecule has 3 rings (SSSR count). The van der Waals surface area contributed by atoms with Crippen molar-refractivity contribution in [1.82, 2.24) is 0 Å². The number of hydrogen-bond acceptors (Lipinski definition) is 2. The van der Waals surface area contributed by atoms with Crippen LogP contribution in [0.15, 0.2) is 0 Å². The summed E-state index contributed by atoms with van der Waals surface area (Å²) in [5.74, 6) is 0.858. The zero-order chi connectivity index (χ0) is 9.60. The minimum absolute atomic E-state index is 0.306. The quantitative estimate of drug-likeness (QED) is 0.597. The Hall–Kier alpha value is -0.150. The minimum Gasteiger partial charge on any atom is -0.348 e. The van der Waals surface area contributed by atoms with Crippen LogP contribution in [0.1, 0.15) is 32.1 Å². The third kappa shape index (κ3) is 1.38. The van der Waals surface area contributed by atoms with Gasteiger partial charge in [-0.2, -0.15) is 0 Å². The van der Waals surface area contributed by atoms with Gasteiger partial charge < -0.3 is 9.47 Å². The second-order valence-corrected chi connectivity index (χ2v) is 4.95. The smallest absolute Gasteiger partial charge is 0.169 e. The van der Waals surface area contributed by atoms with Gasteiger partial charge in [-0.1, -0.05) is 0 Å². The van der Waals surface area contributed by atoms with Gasteiger partial charge in [0, 0.05) is 12.8 Å². The first-order valence-electron chi connectivity index (χ1n) is 5.69. The maximum absolute atomic E-state index is 13.2. The van der Waals surface area contributed by atoms with E-state index in [1.54, 1.807) is 0 Å². The fraction of sp³-hybridized carbons (Fsp3) is 1.00. The van der Waals surface area contributed by atoms with Gasteiger partial charge in [0.2, 0.25) is 0 Å². The highest BCUT2D eigenvalue weighted by molar-refractivity contribution is 4.95. The van der Waals surface area contributed by atoms with Crippen LogP contribution in [-0.4, -0.2) is 25.2 Å². The van der Waals surface area contributed by atoms with E-state index in [0.717, 1.165) is 45.3 Å². The lowest BCUT2D eigenvalue weighted by molar-refractivity contribution is -0.154. The predicted molar refractivity (Wildman–Crippen MR) is 49.6 cm³/mol. The Bertz CT molecular complexity index is 225. The summed E-state index contributed by atoms with van der Waals surface area (Å²) in [6, 6.07) is 0. The molecule has 0 N–H and O–H groups in total. The normalized spacial score (nSPS) is 45.6. The summed E-state index contributed by atoms with van der Waals surface area (Å²) in [6.45, 7) is 1.44. The maximum atomic E-state index is 13.2. The van der Waals surface area contributed by atoms with Crippen molar-refractivity contribution in [2.75, 3.05) is 13.2 Å². The number of alkyl halides is 1. The molecule has 0 aromatic carbocycles. The zero-order valence-corrected chi connectivity index (χ0v) is 8.38. The minimum atomic E-state index is -0.576. The van der Waals surface area contributed by atoms with Crippen molar-refractivity contribution in [1.29, 1.82) is 0 Å². The van der Waals surface area contributed by atoms with Crippen molar-refractivity contribution < 1.29 is 13.9 Å². The first kappa shape index (κ1) is 9.10. The van der Waals surface area contributed by atoms with Gasteiger partial charge in [0.1, 0.15) is 6.17 Å². The molecule has 0 amide bonds. The molecule has 3 atom stereocenters. The van der Waals surface area contributed by atoms with E-state index in [2.05, 4.69) is 0 Å². The number of ether oxygens (including phenoxy) is 2. The maximum Gasteiger partial charge on any atom is 0.169 e. The van der Waals surface area contributed by atoms with Gasteiger partial charge in [-0.25, -0.2) is 4.39 Å². The molecule has 1 spiro atoms. The summed E-state index contributed by atoms with van der Waals surface area (Å²) < 4.78 is 24.6. The number of halogens is 1. The molecular weight excluding hydrogens is 183 g/mol. The molecule has 0 aromatic heterocycles. The summed E-state index contributed by atoms with van der Waals surface area (Å²) in [4.78, 5) is 0. The van der Waals surface area contributed by atoms with Crippen molar-refractivity contribution >= 4 is 0 Å². The Balaban J connectivity index is 1.72. The second-order valence-electron chi connectivity index (χ2n) is 4.95. The average Bonchev–Trinajstić information content (AvgIpc) is 2.72. The van der Waals surface area contributed by atoms with Crippen LogP contribution in [0.2, 0.25) is 0 Å². The molecule has 3 aliphatic rings. The molecular formula is C11H17FO2. The average molecular weight is 200 g/mol. The van der Waals surface area contributed by atoms with E-state index in [0.29, 0.717) is 11.8 Å². The van der Waals surface area contributed by atoms with E-state index in [1.165, 1.54) is 0 Å². The van der Waals surface area contributed by atoms with E-state index in [1.807, 2.05) is 0 Å². The molecule has 80 valence electrons. The van der Waals surface area contributed by atoms with Gasteiger partial charge in [-0.15, -0.1) is 0 Å². The van der Waals surface area contributed by atoms with Gasteiger partial charge in [0.05, 0.1) is 13.2 Å². The van der Waals surface area contributed by atoms with Crippen LogP contribution in [-0.2, 0) is 9.47 Å². The summed E-state index contributed by atoms with van der Waals surface area (Å²) in [6.07, 6.45) is 3.87. The first-order chi connectivity index (χ1) is 6.77. The summed E-state index contributed by atoms with van der Waals surface area (Å²) >= 11 is 0. The van der Waals surface area contributed by atoms with Gasteiger partial charge in [-0.05, 0) is 31.1 Å². The monoisotopic (exact) mass is 200 g/mol. The van der Waals surface area contributed by atoms with Gasteiger partial charge in [0.15, 0.2) is 5.79 Å². The largest absolute Gasteiger partial charge is 0.348 e. The zero-order valence-electron chi connectivity index (χ0n) is 8.38. The highest BCUT2D eigenvalue weighted by atomic mass is 19.1. The molecule has 14 heavy (non-hydrogen) atoms. The first-order valence-corrected chi connectivity index (χ1v) is 5.69. The molecule has 2 nitrogen and oxygen atoms in total. The van der Waals surface area contributed by atoms with Crippen molar-refractivity contribution in [2.45, 2.75) is 44.1 Å². The summed E-state index contributed by atoms with van der Waals surface area (Å²) in [5, 5.41) is 0. The topological polar surface area (TPSA) is 18.5 Å². The lowest BCUT2D eigenvalue weighted by Gasteiger charge is -2.26. The van der Waals surface area contributed by atoms with Crippen LogP contribution in [0.5, 0.6) is 0 Å². The number of fused-ring (bicyclic) bond motifs is 1. The highest BCUT2D eigenvalue weighted by Crippen LogP contribution is 2.50. The molecule has 2 unspecified atom stereocenters. The Kier molecular flexibility index (Phi) is 2.06. The third-order valence-electron chi connectivity index (χ3n) is 4.04. The standard InChI is InChI=1S/C11H17FO2/c12-10-2-1-8-6-11(7-9(8)5-10)13-3-4-14-11/h8-10H,1-7H2/t8?,9?,10-/m1/s1. The summed E-state index contributed by atoms with van der Waals surface area (Å²) in [7, 11) is 0. The van der Waals surface area contributed by atoms with E-state index >= 15 is 0 Å². The third-order valence-corrected chi connectivity index (χ3v) is 4.04. The Morgan fingerprint density at radius 3 is 2.50 bits per heavy atom. The molecule has 2 saturated carbocycles. The van der Waals surface area contributed by atoms with Crippen LogP contribution in [0.25, 0.3) is 0 Å². The summed E-state index contributed by atoms with van der Waals surface area (Å²) in [5.41, 5.74) is 0. The second kappa shape index (κ2) is 3.17. The molecule has 0 bridgehead atoms. The molecule has 3 fully saturated rings. The molecule has 0 aromatic rings. The van der Waals surface area contributed by atoms with Crippen LogP contribution in [0, 0.1) is 11.8 Å². The van der Waals surface area contributed by atoms with E-state index in [9.17, 15) is 4.39 Å². The lowest BCUT2D eigenvalue weighted by atomic mass is 9.81. The SMILES string of the molecule is F[C@@H]1CCC2CC3(CC2C1)OCCO3. The van der Waals surface area contributed by atoms with E-state index < -0.39 is 6.17 Å². The number of hydrogen-bond donors (Lipinski definition) is 0. The van der Waals surface area contributed by atoms with E-state index in [4.69, 9.17) is 9.47 Å². The van der Waals surface area contributed by atoms with Gasteiger partial charge >= 0.3 is 0 Å². The van der Waals surface area contributed by atoms with Gasteiger partial charge in [0.25, 0.3) is 0 Å². The highest BCUT2D eigenvalue weighted by Gasteiger charge is 2.50. The van der Waals surface area contributed by atoms with Crippen LogP contribution in [0.3, 0.4) is 0 Å². The van der Waals surface area contributed by atoms with Gasteiger partial charge in [-0.3, -0.25) is 0 Å². The molecule has 2 aliphatic carbocycles. The van der Waals surface area contributed by atoms with Crippen LogP contribution >= 0.6 is 0 Å². The van der Waals surface area contributed by atoms with Crippen molar-refractivity contribution in [2.24, 2.45) is 11.8 Å². The predicted octanol–water partition coefficient (Wildman–Crippen LogP) is 2.28. The molecule has 1 saturated heterocycles. The molecule has 1 heterocycles. The Morgan fingerprint density at radius 2 is 1.71 bits per heavy atom. The Labute approximate surface area is 83.8 Å². The Morgan fingerprint density at radius 1 is 1.00 bits per heavy atom.